The number of aliphatic carboxylic acids is 1. The second-order valence-electron chi connectivity index (χ2n) is 2.57. The molecule has 3 heteroatoms. The summed E-state index contributed by atoms with van der Waals surface area (Å²) in [6, 6.07) is 0. The highest BCUT2D eigenvalue weighted by atomic mass is 32.2. The Bertz CT molecular complexity index is 150. The number of rotatable bonds is 3. The van der Waals surface area contributed by atoms with Crippen LogP contribution in [0, 0.1) is 5.41 Å². The molecule has 0 aromatic heterocycles. The zero-order valence-corrected chi connectivity index (χ0v) is 7.23. The Hall–Kier alpha value is -0.440. The van der Waals surface area contributed by atoms with Crippen LogP contribution in [0.3, 0.4) is 0 Å². The molecule has 10 heavy (non-hydrogen) atoms. The Balaban J connectivity index is 4.12. The van der Waals surface area contributed by atoms with Crippen LogP contribution in [0.2, 0.25) is 0 Å². The molecule has 58 valence electrons. The van der Waals surface area contributed by atoms with Crippen molar-refractivity contribution in [1.82, 2.24) is 0 Å². The van der Waals surface area contributed by atoms with Gasteiger partial charge in [-0.05, 0) is 25.5 Å². The van der Waals surface area contributed by atoms with Crippen molar-refractivity contribution in [1.29, 1.82) is 0 Å². The van der Waals surface area contributed by atoms with E-state index in [4.69, 9.17) is 5.11 Å². The van der Waals surface area contributed by atoms with Gasteiger partial charge in [-0.15, -0.1) is 11.8 Å². The van der Waals surface area contributed by atoms with E-state index >= 15 is 0 Å². The van der Waals surface area contributed by atoms with Crippen LogP contribution in [0.4, 0.5) is 0 Å². The van der Waals surface area contributed by atoms with Gasteiger partial charge in [0.15, 0.2) is 0 Å². The van der Waals surface area contributed by atoms with E-state index < -0.39 is 11.4 Å². The number of carboxylic acid groups (broad SMARTS) is 1. The molecule has 0 radical (unpaired) electrons. The van der Waals surface area contributed by atoms with Gasteiger partial charge in [-0.2, -0.15) is 0 Å². The van der Waals surface area contributed by atoms with Gasteiger partial charge in [0.1, 0.15) is 0 Å². The topological polar surface area (TPSA) is 37.3 Å². The van der Waals surface area contributed by atoms with Crippen LogP contribution in [0.1, 0.15) is 13.8 Å². The van der Waals surface area contributed by atoms with Crippen LogP contribution in [0.25, 0.3) is 0 Å². The maximum absolute atomic E-state index is 10.5. The quantitative estimate of drug-likeness (QED) is 0.686. The molecule has 0 saturated heterocycles. The molecule has 1 N–H and O–H groups in total. The average Bonchev–Trinajstić information content (AvgIpc) is 1.84. The van der Waals surface area contributed by atoms with Crippen LogP contribution in [0.15, 0.2) is 11.5 Å². The standard InChI is InChI=1S/C7H12O2S/c1-7(2,6(8)9)4-5-10-3/h4-5H,1-3H3,(H,8,9)/b5-4+. The minimum Gasteiger partial charge on any atom is -0.481 e. The summed E-state index contributed by atoms with van der Waals surface area (Å²) in [5, 5.41) is 10.4. The van der Waals surface area contributed by atoms with E-state index in [2.05, 4.69) is 0 Å². The predicted octanol–water partition coefficient (Wildman–Crippen LogP) is 1.97. The Labute approximate surface area is 65.3 Å². The van der Waals surface area contributed by atoms with Crippen LogP contribution < -0.4 is 0 Å². The molecule has 0 bridgehead atoms. The number of thioether (sulfide) groups is 1. The number of carbonyl (C=O) groups is 1. The van der Waals surface area contributed by atoms with Crippen molar-refractivity contribution in [3.05, 3.63) is 11.5 Å². The summed E-state index contributed by atoms with van der Waals surface area (Å²) in [5.74, 6) is -0.794. The third-order valence-corrected chi connectivity index (χ3v) is 1.58. The fraction of sp³-hybridized carbons (Fsp3) is 0.571. The lowest BCUT2D eigenvalue weighted by Gasteiger charge is -2.12. The third-order valence-electron chi connectivity index (χ3n) is 1.17. The fourth-order valence-corrected chi connectivity index (χ4v) is 0.786. The molecule has 0 aliphatic carbocycles. The van der Waals surface area contributed by atoms with Crippen molar-refractivity contribution >= 4 is 17.7 Å². The van der Waals surface area contributed by atoms with Gasteiger partial charge < -0.3 is 5.11 Å². The van der Waals surface area contributed by atoms with E-state index in [0.29, 0.717) is 0 Å². The molecular weight excluding hydrogens is 148 g/mol. The summed E-state index contributed by atoms with van der Waals surface area (Å²) in [6.45, 7) is 3.34. The van der Waals surface area contributed by atoms with Gasteiger partial charge in [-0.1, -0.05) is 6.08 Å². The van der Waals surface area contributed by atoms with E-state index in [1.165, 1.54) is 11.8 Å². The first-order chi connectivity index (χ1) is 4.50. The Kier molecular flexibility index (Phi) is 3.50. The second-order valence-corrected chi connectivity index (χ2v) is 3.31. The van der Waals surface area contributed by atoms with Gasteiger partial charge in [-0.3, -0.25) is 4.79 Å². The van der Waals surface area contributed by atoms with Crippen LogP contribution in [-0.4, -0.2) is 17.3 Å². The van der Waals surface area contributed by atoms with Crippen LogP contribution >= 0.6 is 11.8 Å². The van der Waals surface area contributed by atoms with Crippen molar-refractivity contribution in [3.63, 3.8) is 0 Å². The Morgan fingerprint density at radius 3 is 2.40 bits per heavy atom. The monoisotopic (exact) mass is 160 g/mol. The molecule has 0 amide bonds. The summed E-state index contributed by atoms with van der Waals surface area (Å²) >= 11 is 1.50. The molecular formula is C7H12O2S. The SMILES string of the molecule is CS/C=C/C(C)(C)C(=O)O. The van der Waals surface area contributed by atoms with Crippen LogP contribution in [-0.2, 0) is 4.79 Å². The van der Waals surface area contributed by atoms with Crippen LogP contribution in [0.5, 0.6) is 0 Å². The molecule has 0 aliphatic rings. The molecule has 0 aromatic carbocycles. The lowest BCUT2D eigenvalue weighted by atomic mass is 9.95. The van der Waals surface area contributed by atoms with Crippen molar-refractivity contribution < 1.29 is 9.90 Å². The van der Waals surface area contributed by atoms with E-state index in [0.717, 1.165) is 0 Å². The normalized spacial score (nSPS) is 12.3. The average molecular weight is 160 g/mol. The number of carboxylic acids is 1. The lowest BCUT2D eigenvalue weighted by molar-refractivity contribution is -0.144. The largest absolute Gasteiger partial charge is 0.481 e. The first-order valence-corrected chi connectivity index (χ1v) is 4.23. The van der Waals surface area contributed by atoms with Gasteiger partial charge in [0.05, 0.1) is 5.41 Å². The molecule has 0 rings (SSSR count). The zero-order valence-electron chi connectivity index (χ0n) is 6.42. The molecule has 0 heterocycles. The zero-order chi connectivity index (χ0) is 8.20. The molecule has 2 nitrogen and oxygen atoms in total. The van der Waals surface area contributed by atoms with Crippen molar-refractivity contribution in [2.45, 2.75) is 13.8 Å². The smallest absolute Gasteiger partial charge is 0.312 e. The van der Waals surface area contributed by atoms with Crippen molar-refractivity contribution in [3.8, 4) is 0 Å². The number of hydrogen-bond acceptors (Lipinski definition) is 2. The summed E-state index contributed by atoms with van der Waals surface area (Å²) in [6.07, 6.45) is 3.58. The minimum absolute atomic E-state index is 0.733. The molecule has 0 spiro atoms. The maximum Gasteiger partial charge on any atom is 0.312 e. The fourth-order valence-electron chi connectivity index (χ4n) is 0.309. The number of hydrogen-bond donors (Lipinski definition) is 1. The first kappa shape index (κ1) is 9.56. The van der Waals surface area contributed by atoms with E-state index in [1.54, 1.807) is 25.3 Å². The molecule has 0 unspecified atom stereocenters. The van der Waals surface area contributed by atoms with Gasteiger partial charge >= 0.3 is 5.97 Å². The van der Waals surface area contributed by atoms with E-state index in [1.807, 2.05) is 6.26 Å². The summed E-state index contributed by atoms with van der Waals surface area (Å²) in [7, 11) is 0. The van der Waals surface area contributed by atoms with E-state index in [9.17, 15) is 4.79 Å². The molecule has 0 aromatic rings. The Morgan fingerprint density at radius 1 is 1.60 bits per heavy atom. The summed E-state index contributed by atoms with van der Waals surface area (Å²) in [5.41, 5.74) is -0.733. The highest BCUT2D eigenvalue weighted by Gasteiger charge is 2.22. The lowest BCUT2D eigenvalue weighted by Crippen LogP contribution is -2.20. The third kappa shape index (κ3) is 2.92. The first-order valence-electron chi connectivity index (χ1n) is 2.94. The maximum atomic E-state index is 10.5. The molecule has 0 atom stereocenters. The van der Waals surface area contributed by atoms with Crippen molar-refractivity contribution in [2.75, 3.05) is 6.26 Å². The van der Waals surface area contributed by atoms with Crippen molar-refractivity contribution in [2.24, 2.45) is 5.41 Å². The summed E-state index contributed by atoms with van der Waals surface area (Å²) < 4.78 is 0. The molecule has 0 saturated carbocycles. The van der Waals surface area contributed by atoms with Gasteiger partial charge in [0, 0.05) is 0 Å². The summed E-state index contributed by atoms with van der Waals surface area (Å²) in [4.78, 5) is 10.5. The van der Waals surface area contributed by atoms with Gasteiger partial charge in [-0.25, -0.2) is 0 Å². The van der Waals surface area contributed by atoms with Gasteiger partial charge in [0.25, 0.3) is 0 Å². The highest BCUT2D eigenvalue weighted by Crippen LogP contribution is 2.18. The Morgan fingerprint density at radius 2 is 2.10 bits per heavy atom. The second kappa shape index (κ2) is 3.66. The van der Waals surface area contributed by atoms with E-state index in [-0.39, 0.29) is 0 Å². The predicted molar refractivity (Wildman–Crippen MR) is 44.1 cm³/mol. The molecule has 0 aliphatic heterocycles. The van der Waals surface area contributed by atoms with Gasteiger partial charge in [0.2, 0.25) is 0 Å². The highest BCUT2D eigenvalue weighted by molar-refractivity contribution is 8.01. The minimum atomic E-state index is -0.794. The molecule has 0 fully saturated rings.